The Hall–Kier alpha value is -4.25. The number of furan rings is 1. The quantitative estimate of drug-likeness (QED) is 0.340. The van der Waals surface area contributed by atoms with E-state index in [0.717, 1.165) is 66.2 Å². The van der Waals surface area contributed by atoms with Crippen molar-refractivity contribution in [3.63, 3.8) is 0 Å². The second kappa shape index (κ2) is 5.64. The van der Waals surface area contributed by atoms with Crippen LogP contribution in [0.5, 0.6) is 0 Å². The van der Waals surface area contributed by atoms with Gasteiger partial charge in [0.05, 0.1) is 22.1 Å². The number of aromatic amines is 1. The number of pyridine rings is 2. The molecule has 0 fully saturated rings. The van der Waals surface area contributed by atoms with Gasteiger partial charge in [-0.3, -0.25) is 9.97 Å². The van der Waals surface area contributed by atoms with Crippen molar-refractivity contribution >= 4 is 54.8 Å². The molecule has 140 valence electrons. The summed E-state index contributed by atoms with van der Waals surface area (Å²) in [6.07, 6.45) is 3.60. The first-order valence-electron chi connectivity index (χ1n) is 9.80. The molecule has 4 heterocycles. The fourth-order valence-corrected chi connectivity index (χ4v) is 4.35. The molecule has 30 heavy (non-hydrogen) atoms. The van der Waals surface area contributed by atoms with Crippen molar-refractivity contribution in [3.05, 3.63) is 79.1 Å². The van der Waals surface area contributed by atoms with Crippen LogP contribution in [0.3, 0.4) is 0 Å². The van der Waals surface area contributed by atoms with Crippen LogP contribution in [0.2, 0.25) is 0 Å². The highest BCUT2D eigenvalue weighted by atomic mass is 16.3. The standard InChI is InChI=1S/C25H14N4O/c1-2-8-19-15(5-1)16-10-9-14(13-20(16)30-19)25-28-23-17-6-3-11-26-21(17)22-18(24(23)29-25)7-4-12-27-22/h1-13H,(H,28,29). The second-order valence-corrected chi connectivity index (χ2v) is 7.42. The zero-order chi connectivity index (χ0) is 19.7. The number of imidazole rings is 1. The molecule has 7 rings (SSSR count). The van der Waals surface area contributed by atoms with Gasteiger partial charge in [-0.25, -0.2) is 4.98 Å². The zero-order valence-electron chi connectivity index (χ0n) is 15.8. The Bertz CT molecular complexity index is 1690. The summed E-state index contributed by atoms with van der Waals surface area (Å²) in [6.45, 7) is 0. The summed E-state index contributed by atoms with van der Waals surface area (Å²) in [5, 5.41) is 4.24. The number of nitrogens with zero attached hydrogens (tertiary/aromatic N) is 3. The molecule has 0 bridgehead atoms. The maximum absolute atomic E-state index is 6.07. The van der Waals surface area contributed by atoms with Gasteiger partial charge in [0.1, 0.15) is 17.0 Å². The highest BCUT2D eigenvalue weighted by Crippen LogP contribution is 2.35. The summed E-state index contributed by atoms with van der Waals surface area (Å²) in [4.78, 5) is 17.6. The molecule has 1 N–H and O–H groups in total. The van der Waals surface area contributed by atoms with Crippen LogP contribution < -0.4 is 0 Å². The molecule has 7 aromatic rings. The molecule has 0 aliphatic heterocycles. The van der Waals surface area contributed by atoms with Crippen molar-refractivity contribution in [1.29, 1.82) is 0 Å². The molecule has 5 nitrogen and oxygen atoms in total. The average molecular weight is 386 g/mol. The van der Waals surface area contributed by atoms with Crippen LogP contribution >= 0.6 is 0 Å². The minimum absolute atomic E-state index is 0.800. The van der Waals surface area contributed by atoms with Crippen molar-refractivity contribution in [1.82, 2.24) is 19.9 Å². The van der Waals surface area contributed by atoms with Crippen LogP contribution in [0, 0.1) is 0 Å². The number of benzene rings is 3. The minimum atomic E-state index is 0.800. The smallest absolute Gasteiger partial charge is 0.138 e. The zero-order valence-corrected chi connectivity index (χ0v) is 15.8. The first kappa shape index (κ1) is 15.6. The Kier molecular flexibility index (Phi) is 2.94. The molecule has 0 unspecified atom stereocenters. The van der Waals surface area contributed by atoms with E-state index in [0.29, 0.717) is 0 Å². The van der Waals surface area contributed by atoms with Gasteiger partial charge in [-0.05, 0) is 42.5 Å². The van der Waals surface area contributed by atoms with Crippen LogP contribution in [0.25, 0.3) is 66.2 Å². The van der Waals surface area contributed by atoms with Gasteiger partial charge in [0.15, 0.2) is 0 Å². The Balaban J connectivity index is 1.54. The lowest BCUT2D eigenvalue weighted by atomic mass is 10.1. The Morgan fingerprint density at radius 2 is 1.37 bits per heavy atom. The molecule has 0 aliphatic rings. The van der Waals surface area contributed by atoms with E-state index in [-0.39, 0.29) is 0 Å². The minimum Gasteiger partial charge on any atom is -0.456 e. The van der Waals surface area contributed by atoms with Crippen molar-refractivity contribution in [2.75, 3.05) is 0 Å². The molecular formula is C25H14N4O. The van der Waals surface area contributed by atoms with Gasteiger partial charge in [0.25, 0.3) is 0 Å². The molecule has 0 radical (unpaired) electrons. The second-order valence-electron chi connectivity index (χ2n) is 7.42. The lowest BCUT2D eigenvalue weighted by molar-refractivity contribution is 0.669. The number of aromatic nitrogens is 4. The van der Waals surface area contributed by atoms with Gasteiger partial charge in [-0.1, -0.05) is 24.3 Å². The van der Waals surface area contributed by atoms with Crippen LogP contribution in [0.15, 0.2) is 83.5 Å². The van der Waals surface area contributed by atoms with Crippen LogP contribution in [0.1, 0.15) is 0 Å². The first-order chi connectivity index (χ1) is 14.9. The number of hydrogen-bond acceptors (Lipinski definition) is 4. The fraction of sp³-hybridized carbons (Fsp3) is 0. The highest BCUT2D eigenvalue weighted by Gasteiger charge is 2.16. The fourth-order valence-electron chi connectivity index (χ4n) is 4.35. The van der Waals surface area contributed by atoms with E-state index in [2.05, 4.69) is 39.2 Å². The molecular weight excluding hydrogens is 372 g/mol. The van der Waals surface area contributed by atoms with Gasteiger partial charge in [0, 0.05) is 39.5 Å². The lowest BCUT2D eigenvalue weighted by Gasteiger charge is -2.03. The van der Waals surface area contributed by atoms with E-state index in [1.54, 1.807) is 12.4 Å². The Labute approximate surface area is 170 Å². The predicted molar refractivity (Wildman–Crippen MR) is 119 cm³/mol. The molecule has 0 saturated carbocycles. The molecule has 5 heteroatoms. The van der Waals surface area contributed by atoms with Crippen LogP contribution in [-0.2, 0) is 0 Å². The summed E-state index contributed by atoms with van der Waals surface area (Å²) in [5.74, 6) is 0.800. The third kappa shape index (κ3) is 2.03. The molecule has 0 atom stereocenters. The molecule has 4 aromatic heterocycles. The molecule has 0 aliphatic carbocycles. The molecule has 0 saturated heterocycles. The lowest BCUT2D eigenvalue weighted by Crippen LogP contribution is -1.86. The predicted octanol–water partition coefficient (Wildman–Crippen LogP) is 6.23. The molecule has 3 aromatic carbocycles. The van der Waals surface area contributed by atoms with Crippen molar-refractivity contribution < 1.29 is 4.42 Å². The van der Waals surface area contributed by atoms with E-state index >= 15 is 0 Å². The van der Waals surface area contributed by atoms with E-state index in [1.165, 1.54) is 0 Å². The van der Waals surface area contributed by atoms with E-state index in [1.807, 2.05) is 42.5 Å². The molecule has 0 spiro atoms. The topological polar surface area (TPSA) is 67.6 Å². The number of rotatable bonds is 1. The van der Waals surface area contributed by atoms with Gasteiger partial charge in [-0.15, -0.1) is 0 Å². The van der Waals surface area contributed by atoms with Crippen molar-refractivity contribution in [2.45, 2.75) is 0 Å². The number of fused-ring (bicyclic) bond motifs is 9. The van der Waals surface area contributed by atoms with Crippen molar-refractivity contribution in [2.24, 2.45) is 0 Å². The maximum Gasteiger partial charge on any atom is 0.138 e. The summed E-state index contributed by atoms with van der Waals surface area (Å²) < 4.78 is 6.07. The van der Waals surface area contributed by atoms with Crippen LogP contribution in [-0.4, -0.2) is 19.9 Å². The van der Waals surface area contributed by atoms with Crippen LogP contribution in [0.4, 0.5) is 0 Å². The third-order valence-electron chi connectivity index (χ3n) is 5.72. The third-order valence-corrected chi connectivity index (χ3v) is 5.72. The number of H-pyrrole nitrogens is 1. The van der Waals surface area contributed by atoms with Gasteiger partial charge in [-0.2, -0.15) is 0 Å². The monoisotopic (exact) mass is 386 g/mol. The SMILES string of the molecule is c1ccc2c(c1)oc1cc(-c3nc4c5cccnc5c5ncccc5c4[nH]3)ccc12. The highest BCUT2D eigenvalue weighted by molar-refractivity contribution is 6.21. The van der Waals surface area contributed by atoms with E-state index < -0.39 is 0 Å². The van der Waals surface area contributed by atoms with Gasteiger partial charge < -0.3 is 9.40 Å². The maximum atomic E-state index is 6.07. The molecule has 0 amide bonds. The number of nitrogens with one attached hydrogen (secondary N) is 1. The summed E-state index contributed by atoms with van der Waals surface area (Å²) >= 11 is 0. The summed E-state index contributed by atoms with van der Waals surface area (Å²) in [7, 11) is 0. The number of para-hydroxylation sites is 1. The Morgan fingerprint density at radius 1 is 0.633 bits per heavy atom. The van der Waals surface area contributed by atoms with Gasteiger partial charge >= 0.3 is 0 Å². The number of hydrogen-bond donors (Lipinski definition) is 1. The van der Waals surface area contributed by atoms with E-state index in [9.17, 15) is 0 Å². The summed E-state index contributed by atoms with van der Waals surface area (Å²) in [5.41, 5.74) is 6.34. The average Bonchev–Trinajstić information content (AvgIpc) is 3.41. The van der Waals surface area contributed by atoms with Crippen molar-refractivity contribution in [3.8, 4) is 11.4 Å². The van der Waals surface area contributed by atoms with E-state index in [4.69, 9.17) is 9.40 Å². The summed E-state index contributed by atoms with van der Waals surface area (Å²) in [6, 6.07) is 22.3. The first-order valence-corrected chi connectivity index (χ1v) is 9.80. The van der Waals surface area contributed by atoms with Gasteiger partial charge in [0.2, 0.25) is 0 Å². The largest absolute Gasteiger partial charge is 0.456 e. The Morgan fingerprint density at radius 3 is 2.27 bits per heavy atom. The normalized spacial score (nSPS) is 12.0.